The molecule has 1 saturated carbocycles. The third-order valence-electron chi connectivity index (χ3n) is 3.28. The SMILES string of the molecule is CCOC(=O)c1cnc(C2(OC)CCC2)[nH]c1=O. The van der Waals surface area contributed by atoms with Gasteiger partial charge < -0.3 is 14.5 Å². The minimum Gasteiger partial charge on any atom is -0.462 e. The van der Waals surface area contributed by atoms with Gasteiger partial charge in [0.1, 0.15) is 17.0 Å². The van der Waals surface area contributed by atoms with Gasteiger partial charge in [-0.1, -0.05) is 0 Å². The highest BCUT2D eigenvalue weighted by Gasteiger charge is 2.41. The lowest BCUT2D eigenvalue weighted by Gasteiger charge is -2.39. The fourth-order valence-corrected chi connectivity index (χ4v) is 2.02. The molecule has 0 amide bonds. The molecular formula is C12H16N2O4. The predicted octanol–water partition coefficient (Wildman–Crippen LogP) is 0.972. The summed E-state index contributed by atoms with van der Waals surface area (Å²) in [5.74, 6) is -0.174. The monoisotopic (exact) mass is 252 g/mol. The van der Waals surface area contributed by atoms with Crippen molar-refractivity contribution in [2.24, 2.45) is 0 Å². The van der Waals surface area contributed by atoms with E-state index in [4.69, 9.17) is 9.47 Å². The van der Waals surface area contributed by atoms with E-state index in [0.29, 0.717) is 5.82 Å². The topological polar surface area (TPSA) is 81.3 Å². The quantitative estimate of drug-likeness (QED) is 0.807. The van der Waals surface area contributed by atoms with E-state index in [2.05, 4.69) is 9.97 Å². The summed E-state index contributed by atoms with van der Waals surface area (Å²) in [6.07, 6.45) is 3.94. The minimum absolute atomic E-state index is 0.0776. The Hall–Kier alpha value is -1.69. The second-order valence-electron chi connectivity index (χ2n) is 4.25. The summed E-state index contributed by atoms with van der Waals surface area (Å²) in [6.45, 7) is 1.91. The molecule has 0 atom stereocenters. The summed E-state index contributed by atoms with van der Waals surface area (Å²) in [6, 6.07) is 0. The van der Waals surface area contributed by atoms with Gasteiger partial charge in [-0.2, -0.15) is 0 Å². The van der Waals surface area contributed by atoms with Crippen LogP contribution < -0.4 is 5.56 Å². The molecule has 0 aromatic carbocycles. The summed E-state index contributed by atoms with van der Waals surface area (Å²) in [7, 11) is 1.60. The van der Waals surface area contributed by atoms with E-state index < -0.39 is 17.1 Å². The highest BCUT2D eigenvalue weighted by Crippen LogP contribution is 2.42. The van der Waals surface area contributed by atoms with Crippen molar-refractivity contribution in [2.45, 2.75) is 31.8 Å². The van der Waals surface area contributed by atoms with Crippen LogP contribution in [0.25, 0.3) is 0 Å². The number of aromatic amines is 1. The normalized spacial score (nSPS) is 17.0. The van der Waals surface area contributed by atoms with Crippen LogP contribution in [0.4, 0.5) is 0 Å². The minimum atomic E-state index is -0.655. The number of nitrogens with zero attached hydrogens (tertiary/aromatic N) is 1. The molecule has 1 aliphatic rings. The number of hydrogen-bond donors (Lipinski definition) is 1. The summed E-state index contributed by atoms with van der Waals surface area (Å²) in [5, 5.41) is 0. The lowest BCUT2D eigenvalue weighted by molar-refractivity contribution is -0.0848. The second kappa shape index (κ2) is 4.89. The van der Waals surface area contributed by atoms with Gasteiger partial charge in [0.2, 0.25) is 0 Å². The van der Waals surface area contributed by atoms with E-state index >= 15 is 0 Å². The van der Waals surface area contributed by atoms with Gasteiger partial charge in [-0.15, -0.1) is 0 Å². The van der Waals surface area contributed by atoms with Crippen LogP contribution in [0.5, 0.6) is 0 Å². The molecule has 1 aromatic heterocycles. The lowest BCUT2D eigenvalue weighted by Crippen LogP contribution is -2.40. The first-order chi connectivity index (χ1) is 8.63. The summed E-state index contributed by atoms with van der Waals surface area (Å²) in [4.78, 5) is 30.0. The van der Waals surface area contributed by atoms with Crippen molar-refractivity contribution in [1.29, 1.82) is 0 Å². The van der Waals surface area contributed by atoms with Crippen LogP contribution in [0.15, 0.2) is 11.0 Å². The standard InChI is InChI=1S/C12H16N2O4/c1-3-18-10(16)8-7-13-11(14-9(8)15)12(17-2)5-4-6-12/h7H,3-6H2,1-2H3,(H,13,14,15). The van der Waals surface area contributed by atoms with Crippen molar-refractivity contribution in [3.8, 4) is 0 Å². The van der Waals surface area contributed by atoms with E-state index in [0.717, 1.165) is 19.3 Å². The van der Waals surface area contributed by atoms with Crippen LogP contribution in [0.1, 0.15) is 42.4 Å². The number of methoxy groups -OCH3 is 1. The van der Waals surface area contributed by atoms with Gasteiger partial charge in [0.05, 0.1) is 6.61 Å². The molecule has 1 aliphatic carbocycles. The highest BCUT2D eigenvalue weighted by molar-refractivity contribution is 5.88. The van der Waals surface area contributed by atoms with Gasteiger partial charge in [-0.25, -0.2) is 9.78 Å². The Morgan fingerprint density at radius 3 is 2.72 bits per heavy atom. The summed E-state index contributed by atoms with van der Waals surface area (Å²) in [5.41, 5.74) is -1.06. The zero-order chi connectivity index (χ0) is 13.2. The van der Waals surface area contributed by atoms with Crippen molar-refractivity contribution in [3.63, 3.8) is 0 Å². The molecule has 0 saturated heterocycles. The van der Waals surface area contributed by atoms with Crippen LogP contribution in [0.2, 0.25) is 0 Å². The smallest absolute Gasteiger partial charge is 0.345 e. The van der Waals surface area contributed by atoms with Gasteiger partial charge in [0.15, 0.2) is 0 Å². The molecule has 0 bridgehead atoms. The third-order valence-corrected chi connectivity index (χ3v) is 3.28. The second-order valence-corrected chi connectivity index (χ2v) is 4.25. The maximum absolute atomic E-state index is 11.8. The average Bonchev–Trinajstić information content (AvgIpc) is 2.28. The molecule has 2 rings (SSSR count). The molecule has 1 aromatic rings. The number of hydrogen-bond acceptors (Lipinski definition) is 5. The van der Waals surface area contributed by atoms with Crippen LogP contribution >= 0.6 is 0 Å². The Bertz CT molecular complexity index is 500. The number of ether oxygens (including phenoxy) is 2. The van der Waals surface area contributed by atoms with Gasteiger partial charge in [-0.3, -0.25) is 4.79 Å². The number of H-pyrrole nitrogens is 1. The Balaban J connectivity index is 2.30. The largest absolute Gasteiger partial charge is 0.462 e. The molecule has 0 unspecified atom stereocenters. The Morgan fingerprint density at radius 1 is 1.56 bits per heavy atom. The Labute approximate surface area is 104 Å². The molecular weight excluding hydrogens is 236 g/mol. The van der Waals surface area contributed by atoms with Gasteiger partial charge in [0.25, 0.3) is 5.56 Å². The van der Waals surface area contributed by atoms with Crippen molar-refractivity contribution < 1.29 is 14.3 Å². The van der Waals surface area contributed by atoms with Gasteiger partial charge in [-0.05, 0) is 26.2 Å². The van der Waals surface area contributed by atoms with Crippen LogP contribution in [0, 0.1) is 0 Å². The van der Waals surface area contributed by atoms with Gasteiger partial charge in [0, 0.05) is 13.3 Å². The number of rotatable bonds is 4. The maximum atomic E-state index is 11.8. The number of nitrogens with one attached hydrogen (secondary N) is 1. The first kappa shape index (κ1) is 12.8. The van der Waals surface area contributed by atoms with Crippen molar-refractivity contribution >= 4 is 5.97 Å². The predicted molar refractivity (Wildman–Crippen MR) is 63.4 cm³/mol. The fraction of sp³-hybridized carbons (Fsp3) is 0.583. The first-order valence-corrected chi connectivity index (χ1v) is 5.95. The van der Waals surface area contributed by atoms with Crippen molar-refractivity contribution in [1.82, 2.24) is 9.97 Å². The number of carbonyl (C=O) groups excluding carboxylic acids is 1. The first-order valence-electron chi connectivity index (χ1n) is 5.95. The molecule has 0 aliphatic heterocycles. The van der Waals surface area contributed by atoms with E-state index in [1.165, 1.54) is 6.20 Å². The molecule has 98 valence electrons. The molecule has 0 radical (unpaired) electrons. The third kappa shape index (κ3) is 2.03. The zero-order valence-electron chi connectivity index (χ0n) is 10.5. The number of carbonyl (C=O) groups is 1. The molecule has 6 nitrogen and oxygen atoms in total. The average molecular weight is 252 g/mol. The van der Waals surface area contributed by atoms with Crippen LogP contribution in [-0.4, -0.2) is 29.7 Å². The molecule has 1 fully saturated rings. The van der Waals surface area contributed by atoms with Crippen molar-refractivity contribution in [3.05, 3.63) is 27.9 Å². The molecule has 0 spiro atoms. The highest BCUT2D eigenvalue weighted by atomic mass is 16.5. The summed E-state index contributed by atoms with van der Waals surface area (Å²) < 4.78 is 10.2. The summed E-state index contributed by atoms with van der Waals surface area (Å²) >= 11 is 0. The Morgan fingerprint density at radius 2 is 2.28 bits per heavy atom. The van der Waals surface area contributed by atoms with E-state index in [9.17, 15) is 9.59 Å². The fourth-order valence-electron chi connectivity index (χ4n) is 2.02. The number of esters is 1. The Kier molecular flexibility index (Phi) is 3.47. The van der Waals surface area contributed by atoms with Crippen molar-refractivity contribution in [2.75, 3.05) is 13.7 Å². The molecule has 18 heavy (non-hydrogen) atoms. The van der Waals surface area contributed by atoms with Crippen LogP contribution in [0.3, 0.4) is 0 Å². The molecule has 1 heterocycles. The van der Waals surface area contributed by atoms with Gasteiger partial charge >= 0.3 is 5.97 Å². The van der Waals surface area contributed by atoms with E-state index in [1.807, 2.05) is 0 Å². The van der Waals surface area contributed by atoms with E-state index in [-0.39, 0.29) is 12.2 Å². The maximum Gasteiger partial charge on any atom is 0.345 e. The molecule has 1 N–H and O–H groups in total. The zero-order valence-corrected chi connectivity index (χ0v) is 10.5. The van der Waals surface area contributed by atoms with E-state index in [1.54, 1.807) is 14.0 Å². The van der Waals surface area contributed by atoms with Crippen LogP contribution in [-0.2, 0) is 15.1 Å². The molecule has 6 heteroatoms. The number of aromatic nitrogens is 2. The lowest BCUT2D eigenvalue weighted by atomic mass is 9.79.